The van der Waals surface area contributed by atoms with Crippen LogP contribution in [0.15, 0.2) is 0 Å². The van der Waals surface area contributed by atoms with Crippen LogP contribution in [0.25, 0.3) is 0 Å². The van der Waals surface area contributed by atoms with Crippen molar-refractivity contribution in [3.8, 4) is 0 Å². The second-order valence-electron chi connectivity index (χ2n) is 3.50. The fraction of sp³-hybridized carbons (Fsp3) is 0.889. The second kappa shape index (κ2) is 6.35. The molecule has 0 aromatic rings. The van der Waals surface area contributed by atoms with Crippen LogP contribution in [0.3, 0.4) is 0 Å². The first-order valence-electron chi connectivity index (χ1n) is 4.45. The summed E-state index contributed by atoms with van der Waals surface area (Å²) >= 11 is 3.98. The van der Waals surface area contributed by atoms with Crippen molar-refractivity contribution in [1.82, 2.24) is 5.32 Å². The molecule has 0 aromatic heterocycles. The fourth-order valence-corrected chi connectivity index (χ4v) is 0.904. The Hall–Kier alpha value is -0.180. The van der Waals surface area contributed by atoms with Gasteiger partial charge in [0.15, 0.2) is 0 Å². The number of rotatable bonds is 5. The summed E-state index contributed by atoms with van der Waals surface area (Å²) in [6, 6.07) is 0. The summed E-state index contributed by atoms with van der Waals surface area (Å²) in [6.45, 7) is 7.25. The molecule has 0 aliphatic rings. The standard InChI is InChI=1S/C9H19NOS/c1-7(2)8(3)6-10-9(11)4-5-12/h7-8,12H,4-6H2,1-3H3,(H,10,11). The van der Waals surface area contributed by atoms with Crippen molar-refractivity contribution in [3.63, 3.8) is 0 Å². The van der Waals surface area contributed by atoms with Crippen molar-refractivity contribution >= 4 is 18.5 Å². The summed E-state index contributed by atoms with van der Waals surface area (Å²) in [5.41, 5.74) is 0. The third-order valence-electron chi connectivity index (χ3n) is 2.10. The summed E-state index contributed by atoms with van der Waals surface area (Å²) in [5, 5.41) is 2.88. The lowest BCUT2D eigenvalue weighted by Crippen LogP contribution is -2.30. The van der Waals surface area contributed by atoms with E-state index in [-0.39, 0.29) is 5.91 Å². The molecule has 1 atom stereocenters. The Labute approximate surface area is 80.5 Å². The number of carbonyl (C=O) groups is 1. The Balaban J connectivity index is 3.47. The van der Waals surface area contributed by atoms with E-state index in [0.717, 1.165) is 6.54 Å². The third-order valence-corrected chi connectivity index (χ3v) is 2.32. The molecule has 0 spiro atoms. The first-order chi connectivity index (χ1) is 5.57. The van der Waals surface area contributed by atoms with Gasteiger partial charge in [0.05, 0.1) is 0 Å². The lowest BCUT2D eigenvalue weighted by Gasteiger charge is -2.15. The zero-order valence-electron chi connectivity index (χ0n) is 8.13. The normalized spacial score (nSPS) is 13.1. The fourth-order valence-electron chi connectivity index (χ4n) is 0.700. The predicted molar refractivity (Wildman–Crippen MR) is 55.5 cm³/mol. The van der Waals surface area contributed by atoms with E-state index >= 15 is 0 Å². The van der Waals surface area contributed by atoms with Crippen molar-refractivity contribution in [2.45, 2.75) is 27.2 Å². The molecule has 0 rings (SSSR count). The van der Waals surface area contributed by atoms with Gasteiger partial charge in [-0.2, -0.15) is 12.6 Å². The number of hydrogen-bond acceptors (Lipinski definition) is 2. The van der Waals surface area contributed by atoms with Gasteiger partial charge in [-0.05, 0) is 17.6 Å². The van der Waals surface area contributed by atoms with Crippen LogP contribution < -0.4 is 5.32 Å². The smallest absolute Gasteiger partial charge is 0.220 e. The molecular weight excluding hydrogens is 170 g/mol. The minimum atomic E-state index is 0.109. The highest BCUT2D eigenvalue weighted by Crippen LogP contribution is 2.07. The zero-order valence-corrected chi connectivity index (χ0v) is 9.03. The van der Waals surface area contributed by atoms with Crippen LogP contribution in [0.4, 0.5) is 0 Å². The molecule has 3 heteroatoms. The zero-order chi connectivity index (χ0) is 9.56. The predicted octanol–water partition coefficient (Wildman–Crippen LogP) is 1.71. The maximum Gasteiger partial charge on any atom is 0.220 e. The monoisotopic (exact) mass is 189 g/mol. The maximum atomic E-state index is 11.0. The molecule has 2 nitrogen and oxygen atoms in total. The molecule has 0 bridgehead atoms. The number of nitrogens with one attached hydrogen (secondary N) is 1. The van der Waals surface area contributed by atoms with E-state index in [1.54, 1.807) is 0 Å². The molecule has 12 heavy (non-hydrogen) atoms. The van der Waals surface area contributed by atoms with Crippen molar-refractivity contribution in [1.29, 1.82) is 0 Å². The van der Waals surface area contributed by atoms with Crippen molar-refractivity contribution in [2.24, 2.45) is 11.8 Å². The van der Waals surface area contributed by atoms with Gasteiger partial charge in [0.2, 0.25) is 5.91 Å². The molecular formula is C9H19NOS. The van der Waals surface area contributed by atoms with Crippen LogP contribution in [-0.2, 0) is 4.79 Å². The molecule has 0 saturated carbocycles. The number of hydrogen-bond donors (Lipinski definition) is 2. The molecule has 72 valence electrons. The Morgan fingerprint density at radius 3 is 2.42 bits per heavy atom. The van der Waals surface area contributed by atoms with Gasteiger partial charge in [-0.3, -0.25) is 4.79 Å². The third kappa shape index (κ3) is 5.47. The molecule has 0 heterocycles. The number of carbonyl (C=O) groups excluding carboxylic acids is 1. The minimum Gasteiger partial charge on any atom is -0.356 e. The summed E-state index contributed by atoms with van der Waals surface area (Å²) in [6.07, 6.45) is 0.522. The average Bonchev–Trinajstić information content (AvgIpc) is 2.00. The van der Waals surface area contributed by atoms with Crippen LogP contribution in [0.2, 0.25) is 0 Å². The Morgan fingerprint density at radius 2 is 2.00 bits per heavy atom. The van der Waals surface area contributed by atoms with Crippen LogP contribution in [0.1, 0.15) is 27.2 Å². The van der Waals surface area contributed by atoms with E-state index in [1.165, 1.54) is 0 Å². The van der Waals surface area contributed by atoms with E-state index < -0.39 is 0 Å². The van der Waals surface area contributed by atoms with Crippen molar-refractivity contribution in [3.05, 3.63) is 0 Å². The molecule has 1 amide bonds. The minimum absolute atomic E-state index is 0.109. The topological polar surface area (TPSA) is 29.1 Å². The van der Waals surface area contributed by atoms with Crippen LogP contribution >= 0.6 is 12.6 Å². The number of thiol groups is 1. The van der Waals surface area contributed by atoms with Gasteiger partial charge in [0.1, 0.15) is 0 Å². The number of amides is 1. The Kier molecular flexibility index (Phi) is 6.25. The molecule has 0 radical (unpaired) electrons. The Morgan fingerprint density at radius 1 is 1.42 bits per heavy atom. The summed E-state index contributed by atoms with van der Waals surface area (Å²) in [5.74, 6) is 1.91. The van der Waals surface area contributed by atoms with Crippen LogP contribution in [0.5, 0.6) is 0 Å². The second-order valence-corrected chi connectivity index (χ2v) is 3.95. The van der Waals surface area contributed by atoms with Crippen LogP contribution in [-0.4, -0.2) is 18.2 Å². The average molecular weight is 189 g/mol. The van der Waals surface area contributed by atoms with E-state index in [9.17, 15) is 4.79 Å². The first-order valence-corrected chi connectivity index (χ1v) is 5.08. The van der Waals surface area contributed by atoms with E-state index in [2.05, 4.69) is 38.7 Å². The first kappa shape index (κ1) is 11.8. The molecule has 1 unspecified atom stereocenters. The van der Waals surface area contributed by atoms with Gasteiger partial charge < -0.3 is 5.32 Å². The van der Waals surface area contributed by atoms with E-state index in [4.69, 9.17) is 0 Å². The van der Waals surface area contributed by atoms with Gasteiger partial charge in [0, 0.05) is 13.0 Å². The quantitative estimate of drug-likeness (QED) is 0.633. The maximum absolute atomic E-state index is 11.0. The van der Waals surface area contributed by atoms with E-state index in [0.29, 0.717) is 24.0 Å². The molecule has 0 aliphatic heterocycles. The largest absolute Gasteiger partial charge is 0.356 e. The van der Waals surface area contributed by atoms with Crippen LogP contribution in [0, 0.1) is 11.8 Å². The molecule has 0 fully saturated rings. The van der Waals surface area contributed by atoms with Gasteiger partial charge in [-0.1, -0.05) is 20.8 Å². The highest BCUT2D eigenvalue weighted by molar-refractivity contribution is 7.80. The van der Waals surface area contributed by atoms with Gasteiger partial charge in [0.25, 0.3) is 0 Å². The van der Waals surface area contributed by atoms with Crippen molar-refractivity contribution in [2.75, 3.05) is 12.3 Å². The lowest BCUT2D eigenvalue weighted by atomic mass is 9.98. The summed E-state index contributed by atoms with van der Waals surface area (Å²) in [4.78, 5) is 11.0. The summed E-state index contributed by atoms with van der Waals surface area (Å²) in [7, 11) is 0. The highest BCUT2D eigenvalue weighted by Gasteiger charge is 2.07. The van der Waals surface area contributed by atoms with Gasteiger partial charge >= 0.3 is 0 Å². The highest BCUT2D eigenvalue weighted by atomic mass is 32.1. The van der Waals surface area contributed by atoms with E-state index in [1.807, 2.05) is 0 Å². The SMILES string of the molecule is CC(C)C(C)CNC(=O)CCS. The summed E-state index contributed by atoms with van der Waals surface area (Å²) < 4.78 is 0. The Bertz CT molecular complexity index is 136. The van der Waals surface area contributed by atoms with Crippen molar-refractivity contribution < 1.29 is 4.79 Å². The molecule has 0 aliphatic carbocycles. The molecule has 0 aromatic carbocycles. The lowest BCUT2D eigenvalue weighted by molar-refractivity contribution is -0.120. The molecule has 0 saturated heterocycles. The molecule has 1 N–H and O–H groups in total. The van der Waals surface area contributed by atoms with Gasteiger partial charge in [-0.25, -0.2) is 0 Å². The van der Waals surface area contributed by atoms with Gasteiger partial charge in [-0.15, -0.1) is 0 Å².